The number of nitrogens with zero attached hydrogens (tertiary/aromatic N) is 2. The van der Waals surface area contributed by atoms with Gasteiger partial charge < -0.3 is 15.4 Å². The summed E-state index contributed by atoms with van der Waals surface area (Å²) in [5.74, 6) is -0.0285. The van der Waals surface area contributed by atoms with E-state index >= 15 is 0 Å². The summed E-state index contributed by atoms with van der Waals surface area (Å²) in [6.07, 6.45) is 1.73. The number of carbonyl (C=O) groups is 1. The van der Waals surface area contributed by atoms with Gasteiger partial charge in [-0.3, -0.25) is 9.48 Å². The monoisotopic (exact) mass is 226 g/mol. The summed E-state index contributed by atoms with van der Waals surface area (Å²) in [6.45, 7) is 2.01. The Morgan fingerprint density at radius 1 is 1.62 bits per heavy atom. The Balaban J connectivity index is 2.11. The number of methoxy groups -OCH3 is 1. The average molecular weight is 226 g/mol. The third-order valence-electron chi connectivity index (χ3n) is 2.14. The molecule has 6 nitrogen and oxygen atoms in total. The van der Waals surface area contributed by atoms with Crippen molar-refractivity contribution in [2.45, 2.75) is 6.54 Å². The van der Waals surface area contributed by atoms with Crippen LogP contribution in [0.25, 0.3) is 0 Å². The number of rotatable bonds is 7. The molecule has 0 unspecified atom stereocenters. The van der Waals surface area contributed by atoms with Gasteiger partial charge in [0, 0.05) is 33.4 Å². The van der Waals surface area contributed by atoms with Crippen molar-refractivity contribution in [1.29, 1.82) is 0 Å². The van der Waals surface area contributed by atoms with Crippen molar-refractivity contribution in [2.24, 2.45) is 7.05 Å². The minimum atomic E-state index is -0.0285. The molecular weight excluding hydrogens is 208 g/mol. The number of hydrogen-bond donors (Lipinski definition) is 2. The van der Waals surface area contributed by atoms with Crippen LogP contribution in [0.15, 0.2) is 12.3 Å². The Kier molecular flexibility index (Phi) is 5.52. The Hall–Kier alpha value is -1.40. The van der Waals surface area contributed by atoms with Gasteiger partial charge in [0.2, 0.25) is 5.91 Å². The first-order valence-electron chi connectivity index (χ1n) is 5.17. The highest BCUT2D eigenvalue weighted by Crippen LogP contribution is 1.93. The maximum Gasteiger partial charge on any atom is 0.234 e. The fourth-order valence-corrected chi connectivity index (χ4v) is 1.23. The van der Waals surface area contributed by atoms with Crippen LogP contribution in [0.3, 0.4) is 0 Å². The Bertz CT molecular complexity index is 324. The summed E-state index contributed by atoms with van der Waals surface area (Å²) in [5.41, 5.74) is 1.05. The quantitative estimate of drug-likeness (QED) is 0.602. The maximum atomic E-state index is 11.3. The molecule has 1 amide bonds. The molecule has 6 heteroatoms. The molecule has 1 rings (SSSR count). The minimum Gasteiger partial charge on any atom is -0.383 e. The third kappa shape index (κ3) is 4.41. The van der Waals surface area contributed by atoms with Crippen LogP contribution in [0, 0.1) is 0 Å². The number of nitrogens with one attached hydrogen (secondary N) is 2. The highest BCUT2D eigenvalue weighted by molar-refractivity contribution is 5.77. The molecule has 0 atom stereocenters. The van der Waals surface area contributed by atoms with Crippen molar-refractivity contribution in [1.82, 2.24) is 20.4 Å². The van der Waals surface area contributed by atoms with Crippen LogP contribution in [0.4, 0.5) is 0 Å². The Labute approximate surface area is 95.0 Å². The molecule has 0 fully saturated rings. The van der Waals surface area contributed by atoms with Crippen LogP contribution >= 0.6 is 0 Å². The van der Waals surface area contributed by atoms with Crippen LogP contribution in [-0.2, 0) is 23.1 Å². The second kappa shape index (κ2) is 6.97. The van der Waals surface area contributed by atoms with Gasteiger partial charge in [-0.05, 0) is 6.07 Å². The van der Waals surface area contributed by atoms with Gasteiger partial charge in [0.05, 0.1) is 18.8 Å². The lowest BCUT2D eigenvalue weighted by atomic mass is 10.4. The summed E-state index contributed by atoms with van der Waals surface area (Å²) < 4.78 is 6.60. The van der Waals surface area contributed by atoms with Gasteiger partial charge in [0.15, 0.2) is 0 Å². The molecule has 0 bridgehead atoms. The zero-order valence-electron chi connectivity index (χ0n) is 9.69. The SMILES string of the molecule is COCCNC(=O)CNCc1ccnn1C. The first-order chi connectivity index (χ1) is 7.74. The highest BCUT2D eigenvalue weighted by Gasteiger charge is 2.01. The molecule has 0 spiro atoms. The van der Waals surface area contributed by atoms with E-state index in [1.807, 2.05) is 13.1 Å². The zero-order valence-corrected chi connectivity index (χ0v) is 9.69. The molecule has 2 N–H and O–H groups in total. The first kappa shape index (κ1) is 12.7. The van der Waals surface area contributed by atoms with Gasteiger partial charge >= 0.3 is 0 Å². The van der Waals surface area contributed by atoms with Gasteiger partial charge in [-0.25, -0.2) is 0 Å². The number of hydrogen-bond acceptors (Lipinski definition) is 4. The first-order valence-corrected chi connectivity index (χ1v) is 5.17. The van der Waals surface area contributed by atoms with E-state index in [0.717, 1.165) is 5.69 Å². The van der Waals surface area contributed by atoms with Gasteiger partial charge in [0.1, 0.15) is 0 Å². The van der Waals surface area contributed by atoms with Crippen molar-refractivity contribution < 1.29 is 9.53 Å². The maximum absolute atomic E-state index is 11.3. The van der Waals surface area contributed by atoms with E-state index in [1.54, 1.807) is 18.0 Å². The molecule has 1 heterocycles. The second-order valence-electron chi connectivity index (χ2n) is 3.39. The van der Waals surface area contributed by atoms with Crippen LogP contribution in [-0.4, -0.2) is 42.5 Å². The molecule has 90 valence electrons. The van der Waals surface area contributed by atoms with Crippen molar-refractivity contribution in [3.05, 3.63) is 18.0 Å². The van der Waals surface area contributed by atoms with E-state index in [-0.39, 0.29) is 5.91 Å². The van der Waals surface area contributed by atoms with E-state index in [2.05, 4.69) is 15.7 Å². The van der Waals surface area contributed by atoms with Crippen molar-refractivity contribution in [2.75, 3.05) is 26.8 Å². The lowest BCUT2D eigenvalue weighted by Gasteiger charge is -2.06. The predicted octanol–water partition coefficient (Wildman–Crippen LogP) is -0.728. The fourth-order valence-electron chi connectivity index (χ4n) is 1.23. The Morgan fingerprint density at radius 2 is 2.44 bits per heavy atom. The summed E-state index contributed by atoms with van der Waals surface area (Å²) in [5, 5.41) is 9.81. The average Bonchev–Trinajstić information content (AvgIpc) is 2.65. The minimum absolute atomic E-state index is 0.0285. The van der Waals surface area contributed by atoms with Gasteiger partial charge in [-0.15, -0.1) is 0 Å². The number of carbonyl (C=O) groups excluding carboxylic acids is 1. The van der Waals surface area contributed by atoms with E-state index < -0.39 is 0 Å². The van der Waals surface area contributed by atoms with Crippen molar-refractivity contribution in [3.63, 3.8) is 0 Å². The predicted molar refractivity (Wildman–Crippen MR) is 59.8 cm³/mol. The van der Waals surface area contributed by atoms with E-state index in [1.165, 1.54) is 0 Å². The number of aryl methyl sites for hydroxylation is 1. The topological polar surface area (TPSA) is 68.2 Å². The van der Waals surface area contributed by atoms with Gasteiger partial charge in [-0.1, -0.05) is 0 Å². The lowest BCUT2D eigenvalue weighted by Crippen LogP contribution is -2.35. The summed E-state index contributed by atoms with van der Waals surface area (Å²) in [6, 6.07) is 1.91. The summed E-state index contributed by atoms with van der Waals surface area (Å²) in [7, 11) is 3.47. The third-order valence-corrected chi connectivity index (χ3v) is 2.14. The van der Waals surface area contributed by atoms with E-state index in [0.29, 0.717) is 26.2 Å². The van der Waals surface area contributed by atoms with Gasteiger partial charge in [0.25, 0.3) is 0 Å². The molecule has 0 saturated heterocycles. The van der Waals surface area contributed by atoms with Crippen LogP contribution in [0.2, 0.25) is 0 Å². The molecule has 16 heavy (non-hydrogen) atoms. The van der Waals surface area contributed by atoms with E-state index in [9.17, 15) is 4.79 Å². The molecule has 1 aromatic rings. The van der Waals surface area contributed by atoms with Crippen molar-refractivity contribution >= 4 is 5.91 Å². The second-order valence-corrected chi connectivity index (χ2v) is 3.39. The zero-order chi connectivity index (χ0) is 11.8. The number of amides is 1. The van der Waals surface area contributed by atoms with Crippen LogP contribution in [0.1, 0.15) is 5.69 Å². The van der Waals surface area contributed by atoms with Crippen LogP contribution in [0.5, 0.6) is 0 Å². The smallest absolute Gasteiger partial charge is 0.234 e. The molecule has 0 saturated carbocycles. The normalized spacial score (nSPS) is 10.4. The molecule has 0 radical (unpaired) electrons. The molecule has 1 aromatic heterocycles. The Morgan fingerprint density at radius 3 is 3.06 bits per heavy atom. The van der Waals surface area contributed by atoms with E-state index in [4.69, 9.17) is 4.74 Å². The summed E-state index contributed by atoms with van der Waals surface area (Å²) >= 11 is 0. The molecular formula is C10H18N4O2. The molecule has 0 aliphatic carbocycles. The molecule has 0 aromatic carbocycles. The van der Waals surface area contributed by atoms with Crippen LogP contribution < -0.4 is 10.6 Å². The molecule has 0 aliphatic heterocycles. The molecule has 0 aliphatic rings. The lowest BCUT2D eigenvalue weighted by molar-refractivity contribution is -0.120. The highest BCUT2D eigenvalue weighted by atomic mass is 16.5. The largest absolute Gasteiger partial charge is 0.383 e. The van der Waals surface area contributed by atoms with Crippen molar-refractivity contribution in [3.8, 4) is 0 Å². The fraction of sp³-hybridized carbons (Fsp3) is 0.600. The number of aromatic nitrogens is 2. The van der Waals surface area contributed by atoms with Gasteiger partial charge in [-0.2, -0.15) is 5.10 Å². The standard InChI is InChI=1S/C10H18N4O2/c1-14-9(3-4-13-14)7-11-8-10(15)12-5-6-16-2/h3-4,11H,5-8H2,1-2H3,(H,12,15). The number of ether oxygens (including phenoxy) is 1. The summed E-state index contributed by atoms with van der Waals surface area (Å²) in [4.78, 5) is 11.3.